The van der Waals surface area contributed by atoms with Crippen LogP contribution in [0.4, 0.5) is 0 Å². The van der Waals surface area contributed by atoms with Crippen LogP contribution < -0.4 is 28.4 Å². The van der Waals surface area contributed by atoms with Crippen molar-refractivity contribution in [3.63, 3.8) is 0 Å². The van der Waals surface area contributed by atoms with Gasteiger partial charge in [-0.15, -0.1) is 0 Å². The molecule has 0 aliphatic heterocycles. The van der Waals surface area contributed by atoms with E-state index in [4.69, 9.17) is 28.4 Å². The molecule has 2 atom stereocenters. The standard InChI is InChI=1S/C36H38O8/c1-39-29-17-26(18-30(40-2)34(29)43-21-23-11-7-5-8-12-23)32-28(20-38)27(19-37)15-25-16-31(41-3)35(36(42-4)33(25)32)44-22-24-13-9-6-10-14-24/h5-18,28,32,37-38H,19-22H2,1-4H3/t28-,32+/m1/s1. The molecular weight excluding hydrogens is 560 g/mol. The molecule has 4 aromatic rings. The minimum atomic E-state index is -0.470. The first kappa shape index (κ1) is 30.8. The summed E-state index contributed by atoms with van der Waals surface area (Å²) in [5.41, 5.74) is 5.02. The summed E-state index contributed by atoms with van der Waals surface area (Å²) in [6.07, 6.45) is 1.88. The highest BCUT2D eigenvalue weighted by molar-refractivity contribution is 5.74. The molecule has 0 unspecified atom stereocenters. The highest BCUT2D eigenvalue weighted by atomic mass is 16.5. The average molecular weight is 599 g/mol. The Balaban J connectivity index is 1.65. The first-order valence-corrected chi connectivity index (χ1v) is 14.4. The molecule has 0 bridgehead atoms. The van der Waals surface area contributed by atoms with Gasteiger partial charge in [0.2, 0.25) is 11.5 Å². The molecule has 2 N–H and O–H groups in total. The van der Waals surface area contributed by atoms with Gasteiger partial charge in [-0.1, -0.05) is 66.7 Å². The van der Waals surface area contributed by atoms with E-state index in [1.165, 1.54) is 0 Å². The number of hydrogen-bond donors (Lipinski definition) is 2. The maximum atomic E-state index is 10.7. The Morgan fingerprint density at radius 3 is 1.61 bits per heavy atom. The molecule has 0 saturated carbocycles. The minimum Gasteiger partial charge on any atom is -0.493 e. The normalized spacial score (nSPS) is 15.5. The van der Waals surface area contributed by atoms with Crippen molar-refractivity contribution >= 4 is 6.08 Å². The molecule has 0 aromatic heterocycles. The van der Waals surface area contributed by atoms with E-state index in [-0.39, 0.29) is 13.2 Å². The number of aliphatic hydroxyl groups excluding tert-OH is 2. The van der Waals surface area contributed by atoms with Crippen LogP contribution in [0.1, 0.15) is 33.7 Å². The summed E-state index contributed by atoms with van der Waals surface area (Å²) in [5, 5.41) is 21.1. The predicted molar refractivity (Wildman–Crippen MR) is 168 cm³/mol. The van der Waals surface area contributed by atoms with E-state index in [1.54, 1.807) is 28.4 Å². The first-order chi connectivity index (χ1) is 21.6. The van der Waals surface area contributed by atoms with Crippen LogP contribution >= 0.6 is 0 Å². The van der Waals surface area contributed by atoms with E-state index in [0.717, 1.165) is 27.8 Å². The third-order valence-corrected chi connectivity index (χ3v) is 7.90. The smallest absolute Gasteiger partial charge is 0.204 e. The zero-order chi connectivity index (χ0) is 31.1. The predicted octanol–water partition coefficient (Wildman–Crippen LogP) is 6.01. The lowest BCUT2D eigenvalue weighted by Gasteiger charge is -2.35. The van der Waals surface area contributed by atoms with Crippen LogP contribution in [0.3, 0.4) is 0 Å². The van der Waals surface area contributed by atoms with Gasteiger partial charge in [-0.2, -0.15) is 0 Å². The fourth-order valence-electron chi connectivity index (χ4n) is 5.77. The summed E-state index contributed by atoms with van der Waals surface area (Å²) in [6.45, 7) is 0.173. The Hall–Kier alpha value is -4.66. The highest BCUT2D eigenvalue weighted by Gasteiger charge is 2.38. The van der Waals surface area contributed by atoms with E-state index < -0.39 is 11.8 Å². The Morgan fingerprint density at radius 1 is 0.614 bits per heavy atom. The van der Waals surface area contributed by atoms with Crippen LogP contribution in [0.5, 0.6) is 34.5 Å². The van der Waals surface area contributed by atoms with E-state index in [1.807, 2.05) is 84.9 Å². The van der Waals surface area contributed by atoms with Gasteiger partial charge in [0.05, 0.1) is 41.7 Å². The van der Waals surface area contributed by atoms with Gasteiger partial charge >= 0.3 is 0 Å². The first-order valence-electron chi connectivity index (χ1n) is 14.4. The maximum Gasteiger partial charge on any atom is 0.204 e. The van der Waals surface area contributed by atoms with E-state index in [0.29, 0.717) is 53.3 Å². The van der Waals surface area contributed by atoms with Gasteiger partial charge in [-0.3, -0.25) is 0 Å². The summed E-state index contributed by atoms with van der Waals surface area (Å²) in [4.78, 5) is 0. The molecule has 0 radical (unpaired) electrons. The second-order valence-corrected chi connectivity index (χ2v) is 10.4. The molecule has 8 nitrogen and oxygen atoms in total. The van der Waals surface area contributed by atoms with Crippen molar-refractivity contribution < 1.29 is 38.6 Å². The fraction of sp³-hybridized carbons (Fsp3) is 0.278. The van der Waals surface area contributed by atoms with Crippen molar-refractivity contribution in [2.75, 3.05) is 41.7 Å². The number of benzene rings is 4. The third-order valence-electron chi connectivity index (χ3n) is 7.90. The van der Waals surface area contributed by atoms with Crippen molar-refractivity contribution in [3.8, 4) is 34.5 Å². The third kappa shape index (κ3) is 6.18. The number of ether oxygens (including phenoxy) is 6. The number of methoxy groups -OCH3 is 4. The molecule has 0 fully saturated rings. The number of aliphatic hydroxyl groups is 2. The minimum absolute atomic E-state index is 0.219. The van der Waals surface area contributed by atoms with Gasteiger partial charge in [0.15, 0.2) is 23.0 Å². The molecular formula is C36H38O8. The molecule has 5 rings (SSSR count). The van der Waals surface area contributed by atoms with Crippen molar-refractivity contribution in [1.29, 1.82) is 0 Å². The lowest BCUT2D eigenvalue weighted by atomic mass is 9.71. The van der Waals surface area contributed by atoms with Crippen molar-refractivity contribution in [1.82, 2.24) is 0 Å². The number of fused-ring (bicyclic) bond motifs is 1. The summed E-state index contributed by atoms with van der Waals surface area (Å²) in [6, 6.07) is 25.3. The lowest BCUT2D eigenvalue weighted by molar-refractivity contribution is 0.212. The van der Waals surface area contributed by atoms with Crippen LogP contribution in [0.25, 0.3) is 6.08 Å². The van der Waals surface area contributed by atoms with E-state index in [2.05, 4.69) is 0 Å². The van der Waals surface area contributed by atoms with E-state index in [9.17, 15) is 10.2 Å². The molecule has 8 heteroatoms. The van der Waals surface area contributed by atoms with Gasteiger partial charge in [-0.05, 0) is 46.0 Å². The molecule has 1 aliphatic carbocycles. The van der Waals surface area contributed by atoms with Gasteiger partial charge < -0.3 is 38.6 Å². The zero-order valence-electron chi connectivity index (χ0n) is 25.4. The van der Waals surface area contributed by atoms with Crippen LogP contribution in [0, 0.1) is 5.92 Å². The SMILES string of the molecule is COc1cc([C@@H]2c3c(cc(OC)c(OCc4ccccc4)c3OC)C=C(CO)[C@H]2CO)cc(OC)c1OCc1ccccc1. The molecule has 1 aliphatic rings. The molecule has 0 saturated heterocycles. The maximum absolute atomic E-state index is 10.7. The summed E-state index contributed by atoms with van der Waals surface area (Å²) in [5.74, 6) is 1.89. The van der Waals surface area contributed by atoms with Gasteiger partial charge in [0.25, 0.3) is 0 Å². The molecule has 4 aromatic carbocycles. The Bertz CT molecular complexity index is 1560. The van der Waals surface area contributed by atoms with Gasteiger partial charge in [-0.25, -0.2) is 0 Å². The largest absolute Gasteiger partial charge is 0.493 e. The second kappa shape index (κ2) is 14.2. The van der Waals surface area contributed by atoms with E-state index >= 15 is 0 Å². The van der Waals surface area contributed by atoms with Crippen molar-refractivity contribution in [2.45, 2.75) is 19.1 Å². The monoisotopic (exact) mass is 598 g/mol. The zero-order valence-corrected chi connectivity index (χ0v) is 25.4. The lowest BCUT2D eigenvalue weighted by Crippen LogP contribution is -2.26. The fourth-order valence-corrected chi connectivity index (χ4v) is 5.77. The quantitative estimate of drug-likeness (QED) is 0.193. The molecule has 0 heterocycles. The van der Waals surface area contributed by atoms with Crippen LogP contribution in [-0.4, -0.2) is 51.9 Å². The average Bonchev–Trinajstić information content (AvgIpc) is 3.08. The summed E-state index contributed by atoms with van der Waals surface area (Å²) >= 11 is 0. The number of hydrogen-bond acceptors (Lipinski definition) is 8. The van der Waals surface area contributed by atoms with Crippen LogP contribution in [0.2, 0.25) is 0 Å². The molecule has 0 spiro atoms. The van der Waals surface area contributed by atoms with Crippen molar-refractivity contribution in [3.05, 3.63) is 112 Å². The summed E-state index contributed by atoms with van der Waals surface area (Å²) < 4.78 is 36.0. The topological polar surface area (TPSA) is 95.8 Å². The van der Waals surface area contributed by atoms with Crippen LogP contribution in [-0.2, 0) is 13.2 Å². The molecule has 44 heavy (non-hydrogen) atoms. The van der Waals surface area contributed by atoms with Gasteiger partial charge in [0.1, 0.15) is 13.2 Å². The second-order valence-electron chi connectivity index (χ2n) is 10.4. The van der Waals surface area contributed by atoms with Crippen LogP contribution in [0.15, 0.2) is 84.4 Å². The van der Waals surface area contributed by atoms with Crippen molar-refractivity contribution in [2.24, 2.45) is 5.92 Å². The molecule has 230 valence electrons. The Kier molecular flexibility index (Phi) is 9.94. The van der Waals surface area contributed by atoms with Gasteiger partial charge in [0, 0.05) is 17.4 Å². The summed E-state index contributed by atoms with van der Waals surface area (Å²) in [7, 11) is 6.31. The Labute approximate surface area is 258 Å². The molecule has 0 amide bonds. The Morgan fingerprint density at radius 2 is 1.14 bits per heavy atom. The highest BCUT2D eigenvalue weighted by Crippen LogP contribution is 2.54. The number of rotatable bonds is 13.